The number of ether oxygens (including phenoxy) is 1. The molecule has 0 radical (unpaired) electrons. The molecule has 2 bridgehead atoms. The molecule has 1 aromatic heterocycles. The number of nitrogens with zero attached hydrogens (tertiary/aromatic N) is 1. The Morgan fingerprint density at radius 1 is 1.03 bits per heavy atom. The lowest BCUT2D eigenvalue weighted by molar-refractivity contribution is 0.0963. The third-order valence-electron chi connectivity index (χ3n) is 7.22. The van der Waals surface area contributed by atoms with Gasteiger partial charge in [-0.3, -0.25) is 9.78 Å². The smallest absolute Gasteiger partial charge is 0.251 e. The second kappa shape index (κ2) is 8.18. The van der Waals surface area contributed by atoms with Crippen molar-refractivity contribution in [3.8, 4) is 5.75 Å². The molecule has 1 heterocycles. The molecule has 4 heteroatoms. The van der Waals surface area contributed by atoms with Crippen LogP contribution in [0.3, 0.4) is 0 Å². The summed E-state index contributed by atoms with van der Waals surface area (Å²) in [7, 11) is 1.67. The van der Waals surface area contributed by atoms with Gasteiger partial charge in [-0.1, -0.05) is 36.8 Å². The van der Waals surface area contributed by atoms with Crippen molar-refractivity contribution in [2.75, 3.05) is 7.05 Å². The van der Waals surface area contributed by atoms with E-state index in [2.05, 4.69) is 46.7 Å². The third-order valence-corrected chi connectivity index (χ3v) is 7.22. The van der Waals surface area contributed by atoms with Crippen LogP contribution in [0.5, 0.6) is 5.75 Å². The van der Waals surface area contributed by atoms with Gasteiger partial charge in [0.05, 0.1) is 5.69 Å². The number of hydrogen-bond acceptors (Lipinski definition) is 3. The van der Waals surface area contributed by atoms with Crippen molar-refractivity contribution >= 4 is 5.91 Å². The quantitative estimate of drug-likeness (QED) is 0.611. The molecule has 2 fully saturated rings. The van der Waals surface area contributed by atoms with Crippen LogP contribution in [0.2, 0.25) is 0 Å². The van der Waals surface area contributed by atoms with Crippen molar-refractivity contribution in [3.63, 3.8) is 0 Å². The fourth-order valence-corrected chi connectivity index (χ4v) is 5.76. The number of benzene rings is 2. The molecule has 3 aromatic rings. The number of amides is 1. The van der Waals surface area contributed by atoms with Gasteiger partial charge in [-0.2, -0.15) is 0 Å². The van der Waals surface area contributed by atoms with Gasteiger partial charge in [-0.25, -0.2) is 0 Å². The Labute approximate surface area is 183 Å². The van der Waals surface area contributed by atoms with Crippen LogP contribution in [0.4, 0.5) is 0 Å². The van der Waals surface area contributed by atoms with Crippen LogP contribution in [-0.4, -0.2) is 17.9 Å². The minimum Gasteiger partial charge on any atom is -0.487 e. The number of fused-ring (bicyclic) bond motifs is 2. The molecule has 158 valence electrons. The minimum atomic E-state index is -0.0389. The molecule has 4 nitrogen and oxygen atoms in total. The number of hydrogen-bond donors (Lipinski definition) is 1. The van der Waals surface area contributed by atoms with E-state index in [1.54, 1.807) is 13.2 Å². The van der Waals surface area contributed by atoms with Gasteiger partial charge in [0.1, 0.15) is 12.4 Å². The van der Waals surface area contributed by atoms with Gasteiger partial charge in [0.25, 0.3) is 5.91 Å². The van der Waals surface area contributed by atoms with E-state index in [1.807, 2.05) is 30.3 Å². The Kier molecular flexibility index (Phi) is 5.23. The highest BCUT2D eigenvalue weighted by Gasteiger charge is 2.52. The molecule has 3 atom stereocenters. The molecular formula is C27H28N2O2. The van der Waals surface area contributed by atoms with E-state index in [4.69, 9.17) is 4.74 Å². The van der Waals surface area contributed by atoms with Crippen LogP contribution >= 0.6 is 0 Å². The SMILES string of the molecule is CNC(=O)c1ccc([C@@]2(c3ccc(OCc4ccccn4)cc3)C[C@@H]3CC[C@H]2C3)cc1. The van der Waals surface area contributed by atoms with Crippen molar-refractivity contribution in [1.82, 2.24) is 10.3 Å². The second-order valence-electron chi connectivity index (χ2n) is 8.84. The van der Waals surface area contributed by atoms with Crippen LogP contribution in [0, 0.1) is 11.8 Å². The average Bonchev–Trinajstić information content (AvgIpc) is 3.46. The lowest BCUT2D eigenvalue weighted by atomic mass is 9.64. The van der Waals surface area contributed by atoms with Gasteiger partial charge < -0.3 is 10.1 Å². The second-order valence-corrected chi connectivity index (χ2v) is 8.84. The van der Waals surface area contributed by atoms with Crippen molar-refractivity contribution in [2.45, 2.75) is 37.7 Å². The van der Waals surface area contributed by atoms with Crippen molar-refractivity contribution in [1.29, 1.82) is 0 Å². The fraction of sp³-hybridized carbons (Fsp3) is 0.333. The molecular weight excluding hydrogens is 384 g/mol. The number of rotatable bonds is 6. The Balaban J connectivity index is 1.42. The molecule has 2 saturated carbocycles. The Bertz CT molecular complexity index is 1050. The molecule has 0 unspecified atom stereocenters. The van der Waals surface area contributed by atoms with E-state index in [-0.39, 0.29) is 11.3 Å². The molecule has 0 spiro atoms. The molecule has 2 aromatic carbocycles. The summed E-state index contributed by atoms with van der Waals surface area (Å²) >= 11 is 0. The van der Waals surface area contributed by atoms with E-state index in [1.165, 1.54) is 36.8 Å². The number of aromatic nitrogens is 1. The van der Waals surface area contributed by atoms with Gasteiger partial charge in [0, 0.05) is 24.2 Å². The molecule has 2 aliphatic carbocycles. The maximum absolute atomic E-state index is 12.0. The zero-order chi connectivity index (χ0) is 21.3. The highest BCUT2D eigenvalue weighted by molar-refractivity contribution is 5.94. The van der Waals surface area contributed by atoms with Crippen LogP contribution in [-0.2, 0) is 12.0 Å². The maximum atomic E-state index is 12.0. The van der Waals surface area contributed by atoms with Crippen molar-refractivity contribution in [2.24, 2.45) is 11.8 Å². The van der Waals surface area contributed by atoms with Gasteiger partial charge in [0.15, 0.2) is 0 Å². The maximum Gasteiger partial charge on any atom is 0.251 e. The molecule has 1 amide bonds. The standard InChI is InChI=1S/C27H28N2O2/c1-28-26(30)20-6-9-21(10-7-20)27(17-19-5-8-23(27)16-19)22-11-13-25(14-12-22)31-18-24-4-2-3-15-29-24/h2-4,6-7,9-15,19,23H,5,8,16-18H2,1H3,(H,28,30)/t19-,23+,27-/m1/s1. The van der Waals surface area contributed by atoms with Crippen molar-refractivity contribution < 1.29 is 9.53 Å². The van der Waals surface area contributed by atoms with Crippen LogP contribution in [0.1, 0.15) is 52.9 Å². The predicted molar refractivity (Wildman–Crippen MR) is 121 cm³/mol. The number of carbonyl (C=O) groups is 1. The van der Waals surface area contributed by atoms with Crippen LogP contribution < -0.4 is 10.1 Å². The summed E-state index contributed by atoms with van der Waals surface area (Å²) in [6, 6.07) is 22.8. The van der Waals surface area contributed by atoms with E-state index in [9.17, 15) is 4.79 Å². The molecule has 31 heavy (non-hydrogen) atoms. The lowest BCUT2D eigenvalue weighted by Gasteiger charge is -2.39. The zero-order valence-electron chi connectivity index (χ0n) is 17.9. The number of pyridine rings is 1. The largest absolute Gasteiger partial charge is 0.487 e. The highest BCUT2D eigenvalue weighted by Crippen LogP contribution is 2.60. The molecule has 0 aliphatic heterocycles. The van der Waals surface area contributed by atoms with E-state index < -0.39 is 0 Å². The summed E-state index contributed by atoms with van der Waals surface area (Å²) in [6.45, 7) is 0.469. The molecule has 5 rings (SSSR count). The summed E-state index contributed by atoms with van der Waals surface area (Å²) in [6.07, 6.45) is 6.89. The third kappa shape index (κ3) is 3.60. The normalized spacial score (nSPS) is 24.2. The number of nitrogens with one attached hydrogen (secondary N) is 1. The fourth-order valence-electron chi connectivity index (χ4n) is 5.76. The first kappa shape index (κ1) is 19.8. The zero-order valence-corrected chi connectivity index (χ0v) is 17.9. The van der Waals surface area contributed by atoms with Crippen LogP contribution in [0.15, 0.2) is 72.9 Å². The van der Waals surface area contributed by atoms with Gasteiger partial charge in [0.2, 0.25) is 0 Å². The first-order valence-corrected chi connectivity index (χ1v) is 11.1. The number of carbonyl (C=O) groups excluding carboxylic acids is 1. The minimum absolute atomic E-state index is 0.0314. The molecule has 2 aliphatic rings. The monoisotopic (exact) mass is 412 g/mol. The summed E-state index contributed by atoms with van der Waals surface area (Å²) in [5.74, 6) is 2.28. The Morgan fingerprint density at radius 3 is 2.35 bits per heavy atom. The first-order chi connectivity index (χ1) is 15.2. The van der Waals surface area contributed by atoms with Crippen molar-refractivity contribution in [3.05, 3.63) is 95.3 Å². The van der Waals surface area contributed by atoms with E-state index >= 15 is 0 Å². The summed E-state index contributed by atoms with van der Waals surface area (Å²) in [5, 5.41) is 2.71. The Hall–Kier alpha value is -3.14. The summed E-state index contributed by atoms with van der Waals surface area (Å²) in [4.78, 5) is 16.3. The predicted octanol–water partition coefficient (Wildman–Crippen LogP) is 5.13. The highest BCUT2D eigenvalue weighted by atomic mass is 16.5. The van der Waals surface area contributed by atoms with E-state index in [0.29, 0.717) is 18.1 Å². The van der Waals surface area contributed by atoms with Gasteiger partial charge in [-0.15, -0.1) is 0 Å². The average molecular weight is 413 g/mol. The summed E-state index contributed by atoms with van der Waals surface area (Å²) in [5.41, 5.74) is 4.35. The van der Waals surface area contributed by atoms with Gasteiger partial charge >= 0.3 is 0 Å². The first-order valence-electron chi connectivity index (χ1n) is 11.1. The lowest BCUT2D eigenvalue weighted by Crippen LogP contribution is -2.34. The van der Waals surface area contributed by atoms with Gasteiger partial charge in [-0.05, 0) is 78.6 Å². The molecule has 1 N–H and O–H groups in total. The summed E-state index contributed by atoms with van der Waals surface area (Å²) < 4.78 is 5.96. The molecule has 0 saturated heterocycles. The van der Waals surface area contributed by atoms with E-state index in [0.717, 1.165) is 17.4 Å². The topological polar surface area (TPSA) is 51.2 Å². The van der Waals surface area contributed by atoms with Crippen LogP contribution in [0.25, 0.3) is 0 Å². The Morgan fingerprint density at radius 2 is 1.77 bits per heavy atom.